The van der Waals surface area contributed by atoms with E-state index < -0.39 is 11.0 Å². The van der Waals surface area contributed by atoms with Crippen LogP contribution in [0.2, 0.25) is 0 Å². The topological polar surface area (TPSA) is 88.4 Å². The van der Waals surface area contributed by atoms with E-state index in [0.717, 1.165) is 54.7 Å². The number of methoxy groups -OCH3 is 1. The number of aliphatic hydroxyl groups is 1. The van der Waals surface area contributed by atoms with Crippen molar-refractivity contribution in [3.05, 3.63) is 65.7 Å². The summed E-state index contributed by atoms with van der Waals surface area (Å²) in [6, 6.07) is 17.1. The first-order chi connectivity index (χ1) is 17.4. The third-order valence-corrected chi connectivity index (χ3v) is 8.56. The molecule has 1 N–H and O–H groups in total. The number of carbonyl (C=O) groups is 2. The number of hydrazone groups is 1. The molecule has 1 heterocycles. The number of ether oxygens (including phenoxy) is 2. The Hall–Kier alpha value is -3.19. The smallest absolute Gasteiger partial charge is 0.312 e. The lowest BCUT2D eigenvalue weighted by atomic mass is 9.48. The van der Waals surface area contributed by atoms with E-state index in [1.54, 1.807) is 7.11 Å². The van der Waals surface area contributed by atoms with Crippen molar-refractivity contribution in [3.63, 3.8) is 0 Å². The zero-order valence-electron chi connectivity index (χ0n) is 20.6. The molecule has 3 atom stereocenters. The molecule has 1 amide bonds. The summed E-state index contributed by atoms with van der Waals surface area (Å²) in [6.45, 7) is -0.355. The summed E-state index contributed by atoms with van der Waals surface area (Å²) in [6.07, 6.45) is 5.19. The molecular formula is C29H32N2O5. The number of esters is 1. The number of hydrogen-bond acceptors (Lipinski definition) is 6. The Labute approximate surface area is 211 Å². The molecule has 188 valence electrons. The van der Waals surface area contributed by atoms with E-state index in [-0.39, 0.29) is 24.5 Å². The largest absolute Gasteiger partial charge is 0.497 e. The van der Waals surface area contributed by atoms with Crippen molar-refractivity contribution in [2.45, 2.75) is 56.6 Å². The molecule has 0 aromatic heterocycles. The Balaban J connectivity index is 1.20. The summed E-state index contributed by atoms with van der Waals surface area (Å²) in [5.41, 5.74) is 1.31. The summed E-state index contributed by atoms with van der Waals surface area (Å²) in [4.78, 5) is 26.7. The maximum atomic E-state index is 13.4. The predicted octanol–water partition coefficient (Wildman–Crippen LogP) is 4.25. The minimum Gasteiger partial charge on any atom is -0.497 e. The van der Waals surface area contributed by atoms with E-state index in [1.807, 2.05) is 54.6 Å². The van der Waals surface area contributed by atoms with Gasteiger partial charge in [-0.1, -0.05) is 42.5 Å². The highest BCUT2D eigenvalue weighted by Gasteiger charge is 2.61. The van der Waals surface area contributed by atoms with Gasteiger partial charge in [-0.2, -0.15) is 5.10 Å². The average molecular weight is 489 g/mol. The van der Waals surface area contributed by atoms with Gasteiger partial charge in [0.15, 0.2) is 6.61 Å². The summed E-state index contributed by atoms with van der Waals surface area (Å²) in [5, 5.41) is 17.1. The van der Waals surface area contributed by atoms with Gasteiger partial charge in [0.2, 0.25) is 0 Å². The SMILES string of the molecule is COc1ccc(C2CC(c3ccccc3)=NN2C(=O)COC(=O)C23CC4CC(CC(O)(C4)C2)C3)cc1. The van der Waals surface area contributed by atoms with E-state index in [1.165, 1.54) is 5.01 Å². The van der Waals surface area contributed by atoms with Crippen LogP contribution in [0.15, 0.2) is 59.7 Å². The maximum absolute atomic E-state index is 13.4. The molecule has 0 spiro atoms. The molecule has 4 aliphatic carbocycles. The van der Waals surface area contributed by atoms with Crippen molar-refractivity contribution >= 4 is 17.6 Å². The van der Waals surface area contributed by atoms with E-state index in [0.29, 0.717) is 24.7 Å². The highest BCUT2D eigenvalue weighted by Crippen LogP contribution is 2.62. The normalized spacial score (nSPS) is 32.3. The van der Waals surface area contributed by atoms with Crippen LogP contribution >= 0.6 is 0 Å². The van der Waals surface area contributed by atoms with Gasteiger partial charge in [-0.05, 0) is 73.6 Å². The zero-order chi connectivity index (χ0) is 24.9. The molecule has 36 heavy (non-hydrogen) atoms. The fourth-order valence-corrected chi connectivity index (χ4v) is 7.43. The molecule has 0 radical (unpaired) electrons. The Bertz CT molecular complexity index is 1180. The van der Waals surface area contributed by atoms with Gasteiger partial charge in [0.1, 0.15) is 5.75 Å². The molecule has 4 bridgehead atoms. The first kappa shape index (κ1) is 23.2. The lowest BCUT2D eigenvalue weighted by molar-refractivity contribution is -0.197. The fraction of sp³-hybridized carbons (Fsp3) is 0.483. The van der Waals surface area contributed by atoms with Crippen LogP contribution in [0, 0.1) is 17.3 Å². The van der Waals surface area contributed by atoms with Gasteiger partial charge >= 0.3 is 5.97 Å². The van der Waals surface area contributed by atoms with Crippen LogP contribution in [0.3, 0.4) is 0 Å². The molecule has 1 aliphatic heterocycles. The summed E-state index contributed by atoms with van der Waals surface area (Å²) in [5.74, 6) is 0.797. The number of benzene rings is 2. The zero-order valence-corrected chi connectivity index (χ0v) is 20.6. The summed E-state index contributed by atoms with van der Waals surface area (Å²) < 4.78 is 11.0. The predicted molar refractivity (Wildman–Crippen MR) is 133 cm³/mol. The monoisotopic (exact) mass is 488 g/mol. The van der Waals surface area contributed by atoms with Crippen molar-refractivity contribution in [2.75, 3.05) is 13.7 Å². The van der Waals surface area contributed by atoms with Crippen molar-refractivity contribution < 1.29 is 24.2 Å². The Kier molecular flexibility index (Phi) is 5.63. The lowest BCUT2D eigenvalue weighted by Gasteiger charge is -2.58. The van der Waals surface area contributed by atoms with Crippen molar-refractivity contribution in [1.82, 2.24) is 5.01 Å². The highest BCUT2D eigenvalue weighted by molar-refractivity contribution is 6.03. The second-order valence-corrected chi connectivity index (χ2v) is 11.2. The van der Waals surface area contributed by atoms with Crippen molar-refractivity contribution in [3.8, 4) is 5.75 Å². The molecule has 0 saturated heterocycles. The van der Waals surface area contributed by atoms with Gasteiger partial charge in [0.05, 0.1) is 29.9 Å². The quantitative estimate of drug-likeness (QED) is 0.615. The minimum atomic E-state index is -0.754. The van der Waals surface area contributed by atoms with Crippen LogP contribution in [-0.2, 0) is 14.3 Å². The summed E-state index contributed by atoms with van der Waals surface area (Å²) >= 11 is 0. The highest BCUT2D eigenvalue weighted by atomic mass is 16.5. The Morgan fingerprint density at radius 2 is 1.72 bits per heavy atom. The molecule has 5 aliphatic rings. The second-order valence-electron chi connectivity index (χ2n) is 11.2. The summed E-state index contributed by atoms with van der Waals surface area (Å²) in [7, 11) is 1.62. The number of nitrogens with zero attached hydrogens (tertiary/aromatic N) is 2. The Morgan fingerprint density at radius 3 is 2.36 bits per heavy atom. The fourth-order valence-electron chi connectivity index (χ4n) is 7.43. The lowest BCUT2D eigenvalue weighted by Crippen LogP contribution is -2.58. The van der Waals surface area contributed by atoms with Gasteiger partial charge in [-0.3, -0.25) is 9.59 Å². The van der Waals surface area contributed by atoms with Crippen LogP contribution in [-0.4, -0.2) is 47.0 Å². The maximum Gasteiger partial charge on any atom is 0.312 e. The molecule has 7 heteroatoms. The van der Waals surface area contributed by atoms with Gasteiger partial charge in [0, 0.05) is 6.42 Å². The third-order valence-electron chi connectivity index (χ3n) is 8.56. The van der Waals surface area contributed by atoms with Crippen molar-refractivity contribution in [1.29, 1.82) is 0 Å². The Morgan fingerprint density at radius 1 is 1.03 bits per heavy atom. The molecule has 2 aromatic rings. The standard InChI is InChI=1S/C29H32N2O5/c1-35-23-9-7-22(8-10-23)25-12-24(21-5-3-2-4-6-21)30-31(25)26(32)17-36-27(33)28-13-19-11-20(14-28)16-29(34,15-19)18-28/h2-10,19-20,25,34H,11-18H2,1H3. The van der Waals surface area contributed by atoms with E-state index in [4.69, 9.17) is 9.47 Å². The molecule has 7 nitrogen and oxygen atoms in total. The molecule has 4 saturated carbocycles. The van der Waals surface area contributed by atoms with Gasteiger partial charge < -0.3 is 14.6 Å². The number of amides is 1. The van der Waals surface area contributed by atoms with Crippen LogP contribution in [0.5, 0.6) is 5.75 Å². The van der Waals surface area contributed by atoms with Gasteiger partial charge in [0.25, 0.3) is 5.91 Å². The molecular weight excluding hydrogens is 456 g/mol. The van der Waals surface area contributed by atoms with Gasteiger partial charge in [-0.25, -0.2) is 5.01 Å². The van der Waals surface area contributed by atoms with Crippen LogP contribution < -0.4 is 4.74 Å². The molecule has 2 aromatic carbocycles. The van der Waals surface area contributed by atoms with Crippen LogP contribution in [0.1, 0.15) is 62.1 Å². The third kappa shape index (κ3) is 4.09. The first-order valence-corrected chi connectivity index (χ1v) is 12.8. The minimum absolute atomic E-state index is 0.294. The number of rotatable bonds is 6. The van der Waals surface area contributed by atoms with E-state index in [9.17, 15) is 14.7 Å². The van der Waals surface area contributed by atoms with Gasteiger partial charge in [-0.15, -0.1) is 0 Å². The van der Waals surface area contributed by atoms with E-state index in [2.05, 4.69) is 5.10 Å². The van der Waals surface area contributed by atoms with E-state index >= 15 is 0 Å². The second kappa shape index (κ2) is 8.73. The van der Waals surface area contributed by atoms with Crippen molar-refractivity contribution in [2.24, 2.45) is 22.4 Å². The number of carbonyl (C=O) groups excluding carboxylic acids is 2. The van der Waals surface area contributed by atoms with Crippen LogP contribution in [0.4, 0.5) is 0 Å². The molecule has 7 rings (SSSR count). The first-order valence-electron chi connectivity index (χ1n) is 12.8. The number of hydrogen-bond donors (Lipinski definition) is 1. The molecule has 4 fully saturated rings. The molecule has 3 unspecified atom stereocenters. The average Bonchev–Trinajstić information content (AvgIpc) is 3.32. The van der Waals surface area contributed by atoms with Crippen LogP contribution in [0.25, 0.3) is 0 Å².